The van der Waals surface area contributed by atoms with Crippen LogP contribution in [-0.2, 0) is 11.3 Å². The van der Waals surface area contributed by atoms with E-state index in [1.54, 1.807) is 12.4 Å². The number of aromatic nitrogens is 1. The van der Waals surface area contributed by atoms with Crippen molar-refractivity contribution in [3.05, 3.63) is 30.1 Å². The molecule has 0 saturated carbocycles. The van der Waals surface area contributed by atoms with Crippen LogP contribution in [0, 0.1) is 0 Å². The average Bonchev–Trinajstić information content (AvgIpc) is 2.85. The van der Waals surface area contributed by atoms with Crippen molar-refractivity contribution in [1.82, 2.24) is 15.2 Å². The first-order valence-electron chi connectivity index (χ1n) is 6.30. The first-order chi connectivity index (χ1) is 8.79. The summed E-state index contributed by atoms with van der Waals surface area (Å²) < 4.78 is 0. The highest BCUT2D eigenvalue weighted by Crippen LogP contribution is 2.15. The van der Waals surface area contributed by atoms with Crippen LogP contribution >= 0.6 is 0 Å². The average molecular weight is 249 g/mol. The molecule has 2 heterocycles. The lowest BCUT2D eigenvalue weighted by atomic mass is 10.2. The molecule has 1 atom stereocenters. The first kappa shape index (κ1) is 13.0. The number of hydrogen-bond donors (Lipinski definition) is 2. The number of nitrogens with zero attached hydrogens (tertiary/aromatic N) is 2. The van der Waals surface area contributed by atoms with Crippen molar-refractivity contribution >= 4 is 5.91 Å². The van der Waals surface area contributed by atoms with Gasteiger partial charge in [0.1, 0.15) is 0 Å². The number of likely N-dealkylation sites (tertiary alicyclic amines) is 1. The minimum atomic E-state index is -0.000738. The van der Waals surface area contributed by atoms with Crippen LogP contribution in [0.25, 0.3) is 0 Å². The summed E-state index contributed by atoms with van der Waals surface area (Å²) in [4.78, 5) is 17.8. The Morgan fingerprint density at radius 3 is 3.22 bits per heavy atom. The summed E-state index contributed by atoms with van der Waals surface area (Å²) in [6.45, 7) is 1.90. The molecule has 0 aliphatic carbocycles. The van der Waals surface area contributed by atoms with E-state index in [1.807, 2.05) is 17.0 Å². The van der Waals surface area contributed by atoms with E-state index in [0.29, 0.717) is 13.1 Å². The first-order valence-corrected chi connectivity index (χ1v) is 6.30. The molecule has 2 rings (SSSR count). The highest BCUT2D eigenvalue weighted by atomic mass is 16.3. The summed E-state index contributed by atoms with van der Waals surface area (Å²) in [6, 6.07) is 3.93. The topological polar surface area (TPSA) is 65.5 Å². The lowest BCUT2D eigenvalue weighted by Gasteiger charge is -2.21. The van der Waals surface area contributed by atoms with Crippen LogP contribution in [0.4, 0.5) is 0 Å². The number of pyridine rings is 1. The molecule has 2 N–H and O–H groups in total. The van der Waals surface area contributed by atoms with Crippen LogP contribution < -0.4 is 5.32 Å². The van der Waals surface area contributed by atoms with E-state index in [0.717, 1.165) is 24.9 Å². The van der Waals surface area contributed by atoms with Gasteiger partial charge in [-0.1, -0.05) is 6.07 Å². The number of aliphatic hydroxyl groups excluding tert-OH is 1. The summed E-state index contributed by atoms with van der Waals surface area (Å²) in [5.41, 5.74) is 0.992. The van der Waals surface area contributed by atoms with E-state index in [-0.39, 0.29) is 18.6 Å². The summed E-state index contributed by atoms with van der Waals surface area (Å²) in [7, 11) is 0. The summed E-state index contributed by atoms with van der Waals surface area (Å²) in [5.74, 6) is -0.000738. The second-order valence-corrected chi connectivity index (χ2v) is 4.59. The fraction of sp³-hybridized carbons (Fsp3) is 0.538. The normalized spacial score (nSPS) is 19.9. The molecule has 5 nitrogen and oxygen atoms in total. The van der Waals surface area contributed by atoms with E-state index in [2.05, 4.69) is 10.3 Å². The third-order valence-electron chi connectivity index (χ3n) is 3.27. The molecular formula is C13H19N3O2. The number of carbonyl (C=O) groups is 1. The van der Waals surface area contributed by atoms with Crippen LogP contribution in [0.3, 0.4) is 0 Å². The SMILES string of the molecule is O=C(CN1CCCC1CO)NCc1cccnc1. The number of carbonyl (C=O) groups excluding carboxylic acids is 1. The maximum Gasteiger partial charge on any atom is 0.234 e. The van der Waals surface area contributed by atoms with Crippen LogP contribution in [0.5, 0.6) is 0 Å². The van der Waals surface area contributed by atoms with Gasteiger partial charge in [0.05, 0.1) is 13.2 Å². The van der Waals surface area contributed by atoms with Crippen molar-refractivity contribution in [2.24, 2.45) is 0 Å². The number of nitrogens with one attached hydrogen (secondary N) is 1. The van der Waals surface area contributed by atoms with Gasteiger partial charge in [0.2, 0.25) is 5.91 Å². The summed E-state index contributed by atoms with van der Waals surface area (Å²) in [6.07, 6.45) is 5.49. The number of aliphatic hydroxyl groups is 1. The molecule has 1 fully saturated rings. The Kier molecular flexibility index (Phi) is 4.66. The Morgan fingerprint density at radius 1 is 1.61 bits per heavy atom. The lowest BCUT2D eigenvalue weighted by Crippen LogP contribution is -2.40. The largest absolute Gasteiger partial charge is 0.395 e. The van der Waals surface area contributed by atoms with Gasteiger partial charge in [0.25, 0.3) is 0 Å². The van der Waals surface area contributed by atoms with Crippen molar-refractivity contribution < 1.29 is 9.90 Å². The molecular weight excluding hydrogens is 230 g/mol. The Bertz CT molecular complexity index is 383. The summed E-state index contributed by atoms with van der Waals surface area (Å²) in [5, 5.41) is 12.0. The molecule has 1 aromatic heterocycles. The van der Waals surface area contributed by atoms with Crippen molar-refractivity contribution in [2.45, 2.75) is 25.4 Å². The molecule has 5 heteroatoms. The van der Waals surface area contributed by atoms with Gasteiger partial charge < -0.3 is 10.4 Å². The summed E-state index contributed by atoms with van der Waals surface area (Å²) >= 11 is 0. The minimum absolute atomic E-state index is 0.000738. The molecule has 1 aliphatic heterocycles. The van der Waals surface area contributed by atoms with E-state index < -0.39 is 0 Å². The Morgan fingerprint density at radius 2 is 2.50 bits per heavy atom. The van der Waals surface area contributed by atoms with Gasteiger partial charge in [-0.15, -0.1) is 0 Å². The molecule has 1 unspecified atom stereocenters. The van der Waals surface area contributed by atoms with E-state index >= 15 is 0 Å². The second kappa shape index (κ2) is 6.47. The Balaban J connectivity index is 1.75. The van der Waals surface area contributed by atoms with Gasteiger partial charge in [-0.3, -0.25) is 14.7 Å². The molecule has 0 aromatic carbocycles. The Labute approximate surface area is 107 Å². The van der Waals surface area contributed by atoms with Crippen molar-refractivity contribution in [3.63, 3.8) is 0 Å². The molecule has 0 radical (unpaired) electrons. The van der Waals surface area contributed by atoms with Crippen molar-refractivity contribution in [1.29, 1.82) is 0 Å². The minimum Gasteiger partial charge on any atom is -0.395 e. The van der Waals surface area contributed by atoms with Gasteiger partial charge in [-0.2, -0.15) is 0 Å². The van der Waals surface area contributed by atoms with E-state index in [9.17, 15) is 9.90 Å². The lowest BCUT2D eigenvalue weighted by molar-refractivity contribution is -0.122. The van der Waals surface area contributed by atoms with Crippen molar-refractivity contribution in [3.8, 4) is 0 Å². The molecule has 1 aliphatic rings. The highest BCUT2D eigenvalue weighted by molar-refractivity contribution is 5.78. The zero-order valence-corrected chi connectivity index (χ0v) is 10.4. The van der Waals surface area contributed by atoms with E-state index in [4.69, 9.17) is 0 Å². The third kappa shape index (κ3) is 3.51. The zero-order chi connectivity index (χ0) is 12.8. The van der Waals surface area contributed by atoms with Crippen molar-refractivity contribution in [2.75, 3.05) is 19.7 Å². The van der Waals surface area contributed by atoms with Gasteiger partial charge in [-0.25, -0.2) is 0 Å². The molecule has 98 valence electrons. The van der Waals surface area contributed by atoms with Gasteiger partial charge in [0.15, 0.2) is 0 Å². The number of hydrogen-bond acceptors (Lipinski definition) is 4. The molecule has 1 amide bonds. The standard InChI is InChI=1S/C13H19N3O2/c17-10-12-4-2-6-16(12)9-13(18)15-8-11-3-1-5-14-7-11/h1,3,5,7,12,17H,2,4,6,8-10H2,(H,15,18). The quantitative estimate of drug-likeness (QED) is 0.780. The molecule has 0 spiro atoms. The molecule has 0 bridgehead atoms. The maximum absolute atomic E-state index is 11.8. The highest BCUT2D eigenvalue weighted by Gasteiger charge is 2.25. The molecule has 1 aromatic rings. The number of amides is 1. The van der Waals surface area contributed by atoms with Crippen LogP contribution in [0.1, 0.15) is 18.4 Å². The van der Waals surface area contributed by atoms with Crippen LogP contribution in [-0.4, -0.2) is 46.6 Å². The fourth-order valence-electron chi connectivity index (χ4n) is 2.25. The third-order valence-corrected chi connectivity index (χ3v) is 3.27. The Hall–Kier alpha value is -1.46. The smallest absolute Gasteiger partial charge is 0.234 e. The van der Waals surface area contributed by atoms with E-state index in [1.165, 1.54) is 0 Å². The van der Waals surface area contributed by atoms with Crippen LogP contribution in [0.15, 0.2) is 24.5 Å². The van der Waals surface area contributed by atoms with Gasteiger partial charge in [0, 0.05) is 25.0 Å². The molecule has 1 saturated heterocycles. The predicted octanol–water partition coefficient (Wildman–Crippen LogP) is 0.155. The number of rotatable bonds is 5. The van der Waals surface area contributed by atoms with Gasteiger partial charge in [-0.05, 0) is 31.0 Å². The zero-order valence-electron chi connectivity index (χ0n) is 10.4. The predicted molar refractivity (Wildman–Crippen MR) is 67.8 cm³/mol. The van der Waals surface area contributed by atoms with Crippen LogP contribution in [0.2, 0.25) is 0 Å². The fourth-order valence-corrected chi connectivity index (χ4v) is 2.25. The molecule has 18 heavy (non-hydrogen) atoms. The monoisotopic (exact) mass is 249 g/mol. The second-order valence-electron chi connectivity index (χ2n) is 4.59. The van der Waals surface area contributed by atoms with Gasteiger partial charge >= 0.3 is 0 Å². The maximum atomic E-state index is 11.8.